The average molecular weight is 395 g/mol. The Kier molecular flexibility index (Phi) is 5.03. The van der Waals surface area contributed by atoms with Gasteiger partial charge in [0, 0.05) is 5.02 Å². The number of rotatable bonds is 4. The van der Waals surface area contributed by atoms with Crippen LogP contribution in [0.1, 0.15) is 6.92 Å². The highest BCUT2D eigenvalue weighted by atomic mass is 35.5. The lowest BCUT2D eigenvalue weighted by atomic mass is 10.2. The van der Waals surface area contributed by atoms with E-state index in [2.05, 4.69) is 4.98 Å². The van der Waals surface area contributed by atoms with E-state index < -0.39 is 11.2 Å². The summed E-state index contributed by atoms with van der Waals surface area (Å²) in [7, 11) is 0. The second-order valence-electron chi connectivity index (χ2n) is 5.25. The molecule has 128 valence electrons. The fourth-order valence-corrected chi connectivity index (χ4v) is 3.62. The first kappa shape index (κ1) is 17.8. The van der Waals surface area contributed by atoms with Gasteiger partial charge in [0.05, 0.1) is 21.6 Å². The topological polar surface area (TPSA) is 72.2 Å². The molecule has 2 aromatic carbocycles. The Morgan fingerprint density at radius 1 is 1.24 bits per heavy atom. The second-order valence-corrected chi connectivity index (χ2v) is 7.40. The number of halogens is 2. The quantitative estimate of drug-likeness (QED) is 0.528. The van der Waals surface area contributed by atoms with Crippen molar-refractivity contribution in [3.8, 4) is 5.69 Å². The summed E-state index contributed by atoms with van der Waals surface area (Å²) < 4.78 is 1.32. The molecule has 1 aromatic heterocycles. The van der Waals surface area contributed by atoms with Crippen molar-refractivity contribution in [1.29, 1.82) is 0 Å². The van der Waals surface area contributed by atoms with Crippen LogP contribution < -0.4 is 5.56 Å². The lowest BCUT2D eigenvalue weighted by molar-refractivity contribution is -0.136. The van der Waals surface area contributed by atoms with Crippen molar-refractivity contribution in [2.45, 2.75) is 17.3 Å². The number of carboxylic acid groups (broad SMARTS) is 1. The van der Waals surface area contributed by atoms with Crippen LogP contribution in [0, 0.1) is 0 Å². The number of benzene rings is 2. The third-order valence-corrected chi connectivity index (χ3v) is 5.10. The molecule has 1 atom stereocenters. The van der Waals surface area contributed by atoms with Gasteiger partial charge in [-0.15, -0.1) is 0 Å². The van der Waals surface area contributed by atoms with Crippen LogP contribution in [0.2, 0.25) is 10.0 Å². The fourth-order valence-electron chi connectivity index (χ4n) is 2.27. The van der Waals surface area contributed by atoms with Crippen molar-refractivity contribution in [3.05, 3.63) is 62.9 Å². The zero-order chi connectivity index (χ0) is 18.1. The van der Waals surface area contributed by atoms with Crippen LogP contribution in [0.25, 0.3) is 16.6 Å². The molecule has 0 fully saturated rings. The molecule has 1 N–H and O–H groups in total. The Morgan fingerprint density at radius 3 is 2.64 bits per heavy atom. The third kappa shape index (κ3) is 3.51. The predicted molar refractivity (Wildman–Crippen MR) is 100 cm³/mol. The zero-order valence-corrected chi connectivity index (χ0v) is 15.3. The van der Waals surface area contributed by atoms with Crippen LogP contribution in [-0.2, 0) is 4.79 Å². The minimum atomic E-state index is -0.999. The summed E-state index contributed by atoms with van der Waals surface area (Å²) in [5.74, 6) is -0.999. The highest BCUT2D eigenvalue weighted by Crippen LogP contribution is 2.29. The molecule has 0 aliphatic heterocycles. The minimum Gasteiger partial charge on any atom is -0.480 e. The van der Waals surface area contributed by atoms with E-state index in [1.807, 2.05) is 0 Å². The van der Waals surface area contributed by atoms with Crippen molar-refractivity contribution in [3.63, 3.8) is 0 Å². The smallest absolute Gasteiger partial charge is 0.316 e. The largest absolute Gasteiger partial charge is 0.480 e. The monoisotopic (exact) mass is 394 g/mol. The zero-order valence-electron chi connectivity index (χ0n) is 12.9. The minimum absolute atomic E-state index is 0.253. The molecule has 25 heavy (non-hydrogen) atoms. The molecular formula is C17H12Cl2N2O3S. The summed E-state index contributed by atoms with van der Waals surface area (Å²) in [4.78, 5) is 28.7. The number of fused-ring (bicyclic) bond motifs is 1. The summed E-state index contributed by atoms with van der Waals surface area (Å²) >= 11 is 13.2. The number of hydrogen-bond donors (Lipinski definition) is 1. The van der Waals surface area contributed by atoms with Crippen molar-refractivity contribution >= 4 is 51.8 Å². The third-order valence-electron chi connectivity index (χ3n) is 3.53. The molecule has 3 aromatic rings. The number of thioether (sulfide) groups is 1. The van der Waals surface area contributed by atoms with E-state index in [1.54, 1.807) is 36.4 Å². The van der Waals surface area contributed by atoms with Crippen LogP contribution in [0.3, 0.4) is 0 Å². The van der Waals surface area contributed by atoms with Crippen molar-refractivity contribution in [2.75, 3.05) is 0 Å². The molecule has 0 unspecified atom stereocenters. The number of nitrogens with zero attached hydrogens (tertiary/aromatic N) is 2. The Morgan fingerprint density at radius 2 is 1.96 bits per heavy atom. The lowest BCUT2D eigenvalue weighted by Crippen LogP contribution is -2.23. The van der Waals surface area contributed by atoms with Crippen LogP contribution in [0.4, 0.5) is 0 Å². The summed E-state index contributed by atoms with van der Waals surface area (Å²) in [5.41, 5.74) is 0.568. The van der Waals surface area contributed by atoms with E-state index in [0.29, 0.717) is 21.6 Å². The van der Waals surface area contributed by atoms with Gasteiger partial charge in [0.25, 0.3) is 5.56 Å². The van der Waals surface area contributed by atoms with Gasteiger partial charge >= 0.3 is 5.97 Å². The van der Waals surface area contributed by atoms with Crippen molar-refractivity contribution in [1.82, 2.24) is 9.55 Å². The maximum absolute atomic E-state index is 13.0. The van der Waals surface area contributed by atoms with Crippen molar-refractivity contribution < 1.29 is 9.90 Å². The number of aromatic nitrogens is 2. The number of para-hydroxylation sites is 1. The average Bonchev–Trinajstić information content (AvgIpc) is 2.56. The molecule has 5 nitrogen and oxygen atoms in total. The molecule has 0 amide bonds. The maximum Gasteiger partial charge on any atom is 0.316 e. The van der Waals surface area contributed by atoms with Gasteiger partial charge in [-0.25, -0.2) is 4.98 Å². The van der Waals surface area contributed by atoms with Crippen LogP contribution in [-0.4, -0.2) is 25.9 Å². The normalized spacial score (nSPS) is 12.3. The van der Waals surface area contributed by atoms with Gasteiger partial charge < -0.3 is 5.11 Å². The molecule has 0 spiro atoms. The molecule has 0 saturated heterocycles. The molecule has 0 aliphatic carbocycles. The van der Waals surface area contributed by atoms with Gasteiger partial charge in [-0.2, -0.15) is 0 Å². The van der Waals surface area contributed by atoms with Crippen LogP contribution in [0.5, 0.6) is 0 Å². The van der Waals surface area contributed by atoms with Gasteiger partial charge in [0.1, 0.15) is 5.25 Å². The molecule has 0 aliphatic rings. The molecule has 3 rings (SSSR count). The molecule has 8 heteroatoms. The molecular weight excluding hydrogens is 383 g/mol. The van der Waals surface area contributed by atoms with E-state index in [-0.39, 0.29) is 15.7 Å². The van der Waals surface area contributed by atoms with E-state index >= 15 is 0 Å². The maximum atomic E-state index is 13.0. The number of carbonyl (C=O) groups is 1. The standard InChI is InChI=1S/C17H12Cl2N2O3S/c1-9(16(23)24)25-17-20-13-5-3-2-4-11(13)15(22)21(17)14-7-6-10(18)8-12(14)19/h2-9H,1H3,(H,23,24)/t9-/m1/s1. The first-order valence-electron chi connectivity index (χ1n) is 7.25. The molecule has 1 heterocycles. The van der Waals surface area contributed by atoms with E-state index in [0.717, 1.165) is 11.8 Å². The second kappa shape index (κ2) is 7.07. The summed E-state index contributed by atoms with van der Waals surface area (Å²) in [5, 5.41) is 9.79. The molecule has 0 radical (unpaired) electrons. The molecule has 0 saturated carbocycles. The number of carboxylic acids is 1. The Hall–Kier alpha value is -2.02. The van der Waals surface area contributed by atoms with Gasteiger partial charge in [0.2, 0.25) is 0 Å². The van der Waals surface area contributed by atoms with Crippen LogP contribution in [0.15, 0.2) is 52.4 Å². The number of aliphatic carboxylic acids is 1. The highest BCUT2D eigenvalue weighted by molar-refractivity contribution is 8.00. The van der Waals surface area contributed by atoms with E-state index in [4.69, 9.17) is 23.2 Å². The number of hydrogen-bond acceptors (Lipinski definition) is 4. The van der Waals surface area contributed by atoms with Gasteiger partial charge in [0.15, 0.2) is 5.16 Å². The Labute approximate surface area is 157 Å². The summed E-state index contributed by atoms with van der Waals surface area (Å²) in [6.07, 6.45) is 0. The Balaban J connectivity index is 2.32. The van der Waals surface area contributed by atoms with Crippen LogP contribution >= 0.6 is 35.0 Å². The first-order valence-corrected chi connectivity index (χ1v) is 8.88. The fraction of sp³-hybridized carbons (Fsp3) is 0.118. The van der Waals surface area contributed by atoms with E-state index in [1.165, 1.54) is 17.6 Å². The molecule has 0 bridgehead atoms. The summed E-state index contributed by atoms with van der Waals surface area (Å²) in [6.45, 7) is 1.53. The van der Waals surface area contributed by atoms with Crippen molar-refractivity contribution in [2.24, 2.45) is 0 Å². The highest BCUT2D eigenvalue weighted by Gasteiger charge is 2.20. The van der Waals surface area contributed by atoms with Gasteiger partial charge in [-0.05, 0) is 37.3 Å². The SMILES string of the molecule is C[C@@H](Sc1nc2ccccc2c(=O)n1-c1ccc(Cl)cc1Cl)C(=O)O. The Bertz CT molecular complexity index is 1040. The van der Waals surface area contributed by atoms with E-state index in [9.17, 15) is 14.7 Å². The summed E-state index contributed by atoms with van der Waals surface area (Å²) in [6, 6.07) is 11.6. The first-order chi connectivity index (χ1) is 11.9. The van der Waals surface area contributed by atoms with Gasteiger partial charge in [-0.3, -0.25) is 14.2 Å². The predicted octanol–water partition coefficient (Wildman–Crippen LogP) is 4.26. The van der Waals surface area contributed by atoms with Gasteiger partial charge in [-0.1, -0.05) is 47.1 Å². The lowest BCUT2D eigenvalue weighted by Gasteiger charge is -2.15.